The van der Waals surface area contributed by atoms with Crippen molar-refractivity contribution in [3.05, 3.63) is 142 Å². The monoisotopic (exact) mass is 1060 g/mol. The van der Waals surface area contributed by atoms with Crippen LogP contribution < -0.4 is 35.7 Å². The van der Waals surface area contributed by atoms with Gasteiger partial charge in [-0.15, -0.1) is 0 Å². The number of carbonyl (C=O) groups is 2. The Hall–Kier alpha value is -8.96. The quantitative estimate of drug-likeness (QED) is 0.148. The summed E-state index contributed by atoms with van der Waals surface area (Å²) in [5.74, 6) is 1.33. The molecule has 4 saturated heterocycles. The summed E-state index contributed by atoms with van der Waals surface area (Å²) < 4.78 is 67.5. The zero-order chi connectivity index (χ0) is 53.6. The van der Waals surface area contributed by atoms with Gasteiger partial charge in [-0.25, -0.2) is 29.5 Å². The lowest BCUT2D eigenvalue weighted by Gasteiger charge is -2.36. The number of nitrogens with zero attached hydrogens (tertiary/aromatic N) is 13. The molecular formula is C53H52F4N14O6. The van der Waals surface area contributed by atoms with Gasteiger partial charge in [-0.3, -0.25) is 28.3 Å². The first-order valence-corrected chi connectivity index (χ1v) is 24.8. The molecule has 77 heavy (non-hydrogen) atoms. The van der Waals surface area contributed by atoms with E-state index in [4.69, 9.17) is 0 Å². The fourth-order valence-corrected chi connectivity index (χ4v) is 10.6. The van der Waals surface area contributed by atoms with Crippen LogP contribution in [0.2, 0.25) is 0 Å². The molecule has 4 aromatic heterocycles. The third kappa shape index (κ3) is 9.81. The molecule has 12 rings (SSSR count). The molecule has 0 unspecified atom stereocenters. The number of ether oxygens (including phenoxy) is 2. The number of para-hydroxylation sites is 2. The number of nitrogens with one attached hydrogen (secondary N) is 1. The molecule has 8 heterocycles. The number of rotatable bonds is 12. The van der Waals surface area contributed by atoms with Crippen molar-refractivity contribution in [2.24, 2.45) is 14.1 Å². The second-order valence-corrected chi connectivity index (χ2v) is 19.2. The highest BCUT2D eigenvalue weighted by atomic mass is 19.3. The first kappa shape index (κ1) is 50.2. The van der Waals surface area contributed by atoms with Crippen molar-refractivity contribution in [2.75, 3.05) is 69.2 Å². The van der Waals surface area contributed by atoms with Gasteiger partial charge in [-0.05, 0) is 47.5 Å². The van der Waals surface area contributed by atoms with Crippen LogP contribution in [0.25, 0.3) is 44.1 Å². The number of hydrogen-bond donors (Lipinski definition) is 1. The van der Waals surface area contributed by atoms with Crippen LogP contribution in [0.5, 0.6) is 11.5 Å². The van der Waals surface area contributed by atoms with Crippen molar-refractivity contribution < 1.29 is 36.6 Å². The fourth-order valence-electron chi connectivity index (χ4n) is 10.6. The van der Waals surface area contributed by atoms with Gasteiger partial charge < -0.3 is 39.3 Å². The standard InChI is InChI=1S/C27H27F2N7O3.C26H25F2N7O3/c1-32-15-20-16-34(9-10-35(20)27(32)38)26-30-12-19(13-31-26)17-7-8-21-22(11-17)36(33(2)24(21)37)14-18-5-3-4-6-23(18)39-25(28)29;1-32-23(36)20-7-6-16(10-21(20)35(32)14-17-4-2-3-5-22(17)38-24(27)28)18-11-29-25(30-12-18)33-8-9-34-19(15-33)13-31-26(34)37/h3-8,11-13,20,25H,9-10,14-16H2,1-2H3;2-7,10-12,19,24H,8-9,13-15H2,1H3,(H,31,37)/t20-;19-/m00/s1. The number of fused-ring (bicyclic) bond motifs is 4. The van der Waals surface area contributed by atoms with E-state index in [0.717, 1.165) is 22.3 Å². The lowest BCUT2D eigenvalue weighted by atomic mass is 10.1. The van der Waals surface area contributed by atoms with Crippen LogP contribution in [0.4, 0.5) is 39.0 Å². The van der Waals surface area contributed by atoms with E-state index in [2.05, 4.69) is 44.5 Å². The molecule has 24 heteroatoms. The molecule has 4 amide bonds. The topological polar surface area (TPSA) is 186 Å². The molecule has 1 N–H and O–H groups in total. The summed E-state index contributed by atoms with van der Waals surface area (Å²) in [4.78, 5) is 77.9. The normalized spacial score (nSPS) is 17.3. The van der Waals surface area contributed by atoms with Gasteiger partial charge in [0.1, 0.15) is 11.5 Å². The first-order valence-electron chi connectivity index (χ1n) is 24.8. The molecule has 8 aromatic rings. The Morgan fingerprint density at radius 3 is 1.49 bits per heavy atom. The molecule has 4 aliphatic heterocycles. The molecule has 0 bridgehead atoms. The summed E-state index contributed by atoms with van der Waals surface area (Å²) in [6.07, 6.45) is 6.98. The molecule has 20 nitrogen and oxygen atoms in total. The molecule has 398 valence electrons. The minimum atomic E-state index is -2.95. The van der Waals surface area contributed by atoms with Gasteiger partial charge in [0.05, 0.1) is 47.0 Å². The number of anilines is 2. The van der Waals surface area contributed by atoms with Gasteiger partial charge in [0.2, 0.25) is 11.9 Å². The van der Waals surface area contributed by atoms with Crippen molar-refractivity contribution in [1.82, 2.24) is 58.7 Å². The number of aromatic nitrogens is 8. The number of benzene rings is 4. The van der Waals surface area contributed by atoms with Crippen molar-refractivity contribution in [3.8, 4) is 33.8 Å². The Balaban J connectivity index is 0.000000164. The van der Waals surface area contributed by atoms with Crippen LogP contribution in [0.15, 0.2) is 119 Å². The van der Waals surface area contributed by atoms with Gasteiger partial charge >= 0.3 is 25.3 Å². The molecule has 0 saturated carbocycles. The van der Waals surface area contributed by atoms with Gasteiger partial charge in [-0.2, -0.15) is 17.6 Å². The molecule has 0 spiro atoms. The fraction of sp³-hybridized carbons (Fsp3) is 0.321. The maximum atomic E-state index is 12.9. The zero-order valence-electron chi connectivity index (χ0n) is 42.0. The summed E-state index contributed by atoms with van der Waals surface area (Å²) in [6, 6.07) is 24.3. The van der Waals surface area contributed by atoms with E-state index in [1.54, 1.807) is 102 Å². The second kappa shape index (κ2) is 20.6. The Morgan fingerprint density at radius 1 is 0.558 bits per heavy atom. The number of alkyl halides is 4. The van der Waals surface area contributed by atoms with Gasteiger partial charge in [0.15, 0.2) is 0 Å². The predicted molar refractivity (Wildman–Crippen MR) is 278 cm³/mol. The zero-order valence-corrected chi connectivity index (χ0v) is 42.0. The van der Waals surface area contributed by atoms with Crippen LogP contribution in [0.1, 0.15) is 11.1 Å². The van der Waals surface area contributed by atoms with Crippen LogP contribution in [0.3, 0.4) is 0 Å². The number of carbonyl (C=O) groups excluding carboxylic acids is 2. The van der Waals surface area contributed by atoms with E-state index in [9.17, 15) is 36.7 Å². The van der Waals surface area contributed by atoms with Crippen molar-refractivity contribution >= 4 is 45.8 Å². The van der Waals surface area contributed by atoms with Crippen molar-refractivity contribution in [3.63, 3.8) is 0 Å². The van der Waals surface area contributed by atoms with Crippen LogP contribution in [-0.4, -0.2) is 150 Å². The third-order valence-electron chi connectivity index (χ3n) is 14.6. The largest absolute Gasteiger partial charge is 0.434 e. The predicted octanol–water partition coefficient (Wildman–Crippen LogP) is 5.66. The minimum Gasteiger partial charge on any atom is -0.434 e. The number of hydrogen-bond acceptors (Lipinski definition) is 12. The molecule has 4 fully saturated rings. The van der Waals surface area contributed by atoms with Crippen LogP contribution in [-0.2, 0) is 27.2 Å². The second-order valence-electron chi connectivity index (χ2n) is 19.2. The molecule has 4 aliphatic rings. The summed E-state index contributed by atoms with van der Waals surface area (Å²) >= 11 is 0. The van der Waals surface area contributed by atoms with E-state index in [0.29, 0.717) is 97.2 Å². The first-order chi connectivity index (χ1) is 37.2. The highest BCUT2D eigenvalue weighted by molar-refractivity contribution is 5.86. The number of amides is 4. The van der Waals surface area contributed by atoms with Gasteiger partial charge in [0, 0.05) is 121 Å². The van der Waals surface area contributed by atoms with E-state index < -0.39 is 13.2 Å². The van der Waals surface area contributed by atoms with E-state index in [1.165, 1.54) is 21.5 Å². The average molecular weight is 1060 g/mol. The molecule has 0 aliphatic carbocycles. The molecule has 2 atom stereocenters. The summed E-state index contributed by atoms with van der Waals surface area (Å²) in [5.41, 5.74) is 5.17. The molecular weight excluding hydrogens is 1000 g/mol. The van der Waals surface area contributed by atoms with Gasteiger partial charge in [0.25, 0.3) is 11.1 Å². The summed E-state index contributed by atoms with van der Waals surface area (Å²) in [7, 11) is 5.10. The Morgan fingerprint density at radius 2 is 1.01 bits per heavy atom. The smallest absolute Gasteiger partial charge is 0.387 e. The number of urea groups is 2. The average Bonchev–Trinajstić information content (AvgIpc) is 4.23. The Labute approximate surface area is 436 Å². The number of likely N-dealkylation sites (N-methyl/N-ethyl adjacent to an activating group) is 1. The lowest BCUT2D eigenvalue weighted by molar-refractivity contribution is -0.0511. The number of piperazine rings is 2. The number of halogens is 4. The van der Waals surface area contributed by atoms with E-state index in [-0.39, 0.29) is 59.9 Å². The maximum absolute atomic E-state index is 12.9. The third-order valence-corrected chi connectivity index (χ3v) is 14.6. The lowest BCUT2D eigenvalue weighted by Crippen LogP contribution is -2.52. The maximum Gasteiger partial charge on any atom is 0.387 e. The SMILES string of the molecule is CN1C[C@H]2CN(c3ncc(-c4ccc5c(=O)n(C)n(Cc6ccccc6OC(F)F)c5c4)cn3)CCN2C1=O.Cn1c(=O)c2ccc(-c3cnc(N4CCN5C(=O)NC[C@H]5C4)nc3)cc2n1Cc1ccccc1OC(F)F. The molecule has 4 aromatic carbocycles. The van der Waals surface area contributed by atoms with Crippen LogP contribution in [0, 0.1) is 0 Å². The Bertz CT molecular complexity index is 3640. The summed E-state index contributed by atoms with van der Waals surface area (Å²) in [5, 5.41) is 3.90. The van der Waals surface area contributed by atoms with Crippen molar-refractivity contribution in [2.45, 2.75) is 38.4 Å². The van der Waals surface area contributed by atoms with Gasteiger partial charge in [-0.1, -0.05) is 48.5 Å². The summed E-state index contributed by atoms with van der Waals surface area (Å²) in [6.45, 7) is -0.349. The van der Waals surface area contributed by atoms with Crippen molar-refractivity contribution in [1.29, 1.82) is 0 Å². The Kier molecular flexibility index (Phi) is 13.5. The van der Waals surface area contributed by atoms with Crippen LogP contribution >= 0.6 is 0 Å². The van der Waals surface area contributed by atoms with E-state index in [1.807, 2.05) is 41.1 Å². The highest BCUT2D eigenvalue weighted by Gasteiger charge is 2.40. The minimum absolute atomic E-state index is 0.0225. The highest BCUT2D eigenvalue weighted by Crippen LogP contribution is 2.30. The molecule has 0 radical (unpaired) electrons. The van der Waals surface area contributed by atoms with E-state index >= 15 is 0 Å².